The van der Waals surface area contributed by atoms with Gasteiger partial charge in [0.1, 0.15) is 0 Å². The van der Waals surface area contributed by atoms with E-state index >= 15 is 0 Å². The Morgan fingerprint density at radius 1 is 1.24 bits per heavy atom. The van der Waals surface area contributed by atoms with Gasteiger partial charge in [-0.25, -0.2) is 13.4 Å². The zero-order valence-electron chi connectivity index (χ0n) is 13.9. The summed E-state index contributed by atoms with van der Waals surface area (Å²) in [7, 11) is -3.24. The lowest BCUT2D eigenvalue weighted by Crippen LogP contribution is -2.44. The highest BCUT2D eigenvalue weighted by atomic mass is 32.2. The van der Waals surface area contributed by atoms with Crippen LogP contribution in [0.1, 0.15) is 11.3 Å². The van der Waals surface area contributed by atoms with E-state index in [-0.39, 0.29) is 18.1 Å². The van der Waals surface area contributed by atoms with Crippen LogP contribution in [0.3, 0.4) is 0 Å². The molecule has 0 unspecified atom stereocenters. The molecular weight excluding hydrogens is 342 g/mol. The van der Waals surface area contributed by atoms with Crippen LogP contribution < -0.4 is 0 Å². The van der Waals surface area contributed by atoms with Gasteiger partial charge < -0.3 is 14.8 Å². The summed E-state index contributed by atoms with van der Waals surface area (Å²) in [4.78, 5) is 6.03. The number of sulfone groups is 1. The quantitative estimate of drug-likeness (QED) is 0.710. The number of nitrogens with zero attached hydrogens (tertiary/aromatic N) is 3. The monoisotopic (exact) mass is 365 g/mol. The molecular formula is C17H23N3O4S. The molecule has 136 valence electrons. The van der Waals surface area contributed by atoms with Gasteiger partial charge in [0.25, 0.3) is 0 Å². The third-order valence-corrected chi connectivity index (χ3v) is 6.21. The third-order valence-electron chi connectivity index (χ3n) is 4.51. The van der Waals surface area contributed by atoms with E-state index in [0.717, 1.165) is 11.3 Å². The summed E-state index contributed by atoms with van der Waals surface area (Å²) in [6, 6.07) is 9.47. The number of aliphatic hydroxyl groups is 2. The summed E-state index contributed by atoms with van der Waals surface area (Å²) in [5, 5.41) is 19.5. The first-order chi connectivity index (χ1) is 12.0. The van der Waals surface area contributed by atoms with Crippen LogP contribution in [0.4, 0.5) is 0 Å². The second kappa shape index (κ2) is 7.65. The summed E-state index contributed by atoms with van der Waals surface area (Å²) >= 11 is 0. The van der Waals surface area contributed by atoms with Gasteiger partial charge in [-0.1, -0.05) is 30.3 Å². The predicted octanol–water partition coefficient (Wildman–Crippen LogP) is -0.116. The Kier molecular flexibility index (Phi) is 5.53. The number of rotatable bonds is 7. The Morgan fingerprint density at radius 2 is 2.00 bits per heavy atom. The maximum absolute atomic E-state index is 11.8. The molecule has 0 amide bonds. The van der Waals surface area contributed by atoms with Crippen molar-refractivity contribution in [3.63, 3.8) is 0 Å². The molecule has 1 fully saturated rings. The van der Waals surface area contributed by atoms with E-state index in [1.807, 2.05) is 39.8 Å². The van der Waals surface area contributed by atoms with Crippen LogP contribution in [-0.4, -0.2) is 69.9 Å². The van der Waals surface area contributed by atoms with Crippen molar-refractivity contribution < 1.29 is 18.6 Å². The van der Waals surface area contributed by atoms with Crippen LogP contribution in [0.25, 0.3) is 0 Å². The lowest BCUT2D eigenvalue weighted by atomic mass is 10.1. The molecule has 2 atom stereocenters. The summed E-state index contributed by atoms with van der Waals surface area (Å²) in [6.45, 7) is 1.28. The maximum atomic E-state index is 11.8. The van der Waals surface area contributed by atoms with Gasteiger partial charge in [-0.15, -0.1) is 0 Å². The van der Waals surface area contributed by atoms with Crippen molar-refractivity contribution >= 4 is 9.84 Å². The average molecular weight is 365 g/mol. The van der Waals surface area contributed by atoms with Crippen molar-refractivity contribution in [3.8, 4) is 0 Å². The lowest BCUT2D eigenvalue weighted by molar-refractivity contribution is 0.0641. The highest BCUT2D eigenvalue weighted by molar-refractivity contribution is 7.91. The SMILES string of the molecule is O=S1(=O)C[C@@H](O)[C@H](N(CCO)Cc2cncn2Cc2ccccc2)C1. The standard InChI is InChI=1S/C17H23N3O4S/c21-7-6-19(16-11-25(23,24)12-17(16)22)10-15-8-18-13-20(15)9-14-4-2-1-3-5-14/h1-5,8,13,16-17,21-22H,6-7,9-12H2/t16-,17-/m1/s1. The molecule has 0 aliphatic carbocycles. The summed E-state index contributed by atoms with van der Waals surface area (Å²) in [6.07, 6.45) is 2.55. The number of aromatic nitrogens is 2. The topological polar surface area (TPSA) is 95.7 Å². The molecule has 7 nitrogen and oxygen atoms in total. The van der Waals surface area contributed by atoms with Gasteiger partial charge in [0.2, 0.25) is 0 Å². The Balaban J connectivity index is 1.76. The van der Waals surface area contributed by atoms with Gasteiger partial charge in [0.15, 0.2) is 9.84 Å². The number of hydrogen-bond donors (Lipinski definition) is 2. The van der Waals surface area contributed by atoms with Crippen LogP contribution in [0.2, 0.25) is 0 Å². The Hall–Kier alpha value is -1.74. The Labute approximate surface area is 147 Å². The van der Waals surface area contributed by atoms with E-state index in [1.54, 1.807) is 12.5 Å². The van der Waals surface area contributed by atoms with Gasteiger partial charge in [-0.05, 0) is 5.56 Å². The van der Waals surface area contributed by atoms with Gasteiger partial charge in [-0.3, -0.25) is 4.90 Å². The normalized spacial score (nSPS) is 22.5. The minimum atomic E-state index is -3.24. The van der Waals surface area contributed by atoms with Gasteiger partial charge in [-0.2, -0.15) is 0 Å². The van der Waals surface area contributed by atoms with Crippen molar-refractivity contribution in [1.29, 1.82) is 0 Å². The first-order valence-electron chi connectivity index (χ1n) is 8.25. The summed E-state index contributed by atoms with van der Waals surface area (Å²) < 4.78 is 25.6. The molecule has 2 N–H and O–H groups in total. The van der Waals surface area contributed by atoms with E-state index in [2.05, 4.69) is 4.98 Å². The summed E-state index contributed by atoms with van der Waals surface area (Å²) in [5.41, 5.74) is 2.05. The highest BCUT2D eigenvalue weighted by Crippen LogP contribution is 2.20. The van der Waals surface area contributed by atoms with E-state index in [0.29, 0.717) is 19.6 Å². The second-order valence-corrected chi connectivity index (χ2v) is 8.56. The van der Waals surface area contributed by atoms with Crippen LogP contribution in [0.15, 0.2) is 42.9 Å². The number of imidazole rings is 1. The van der Waals surface area contributed by atoms with Gasteiger partial charge >= 0.3 is 0 Å². The van der Waals surface area contributed by atoms with E-state index in [4.69, 9.17) is 0 Å². The van der Waals surface area contributed by atoms with Crippen LogP contribution in [0, 0.1) is 0 Å². The summed E-state index contributed by atoms with van der Waals surface area (Å²) in [5.74, 6) is -0.302. The first-order valence-corrected chi connectivity index (χ1v) is 10.1. The minimum absolute atomic E-state index is 0.0824. The molecule has 1 saturated heterocycles. The van der Waals surface area contributed by atoms with Crippen molar-refractivity contribution in [2.45, 2.75) is 25.2 Å². The smallest absolute Gasteiger partial charge is 0.154 e. The van der Waals surface area contributed by atoms with Crippen LogP contribution >= 0.6 is 0 Å². The fourth-order valence-electron chi connectivity index (χ4n) is 3.26. The molecule has 0 spiro atoms. The molecule has 8 heteroatoms. The zero-order chi connectivity index (χ0) is 17.9. The van der Waals surface area contributed by atoms with E-state index in [9.17, 15) is 18.6 Å². The van der Waals surface area contributed by atoms with E-state index in [1.165, 1.54) is 0 Å². The highest BCUT2D eigenvalue weighted by Gasteiger charge is 2.39. The Morgan fingerprint density at radius 3 is 2.64 bits per heavy atom. The molecule has 2 heterocycles. The van der Waals surface area contributed by atoms with E-state index < -0.39 is 22.0 Å². The number of benzene rings is 1. The average Bonchev–Trinajstić information content (AvgIpc) is 3.11. The van der Waals surface area contributed by atoms with Gasteiger partial charge in [0, 0.05) is 25.8 Å². The lowest BCUT2D eigenvalue weighted by Gasteiger charge is -2.29. The first kappa shape index (κ1) is 18.1. The molecule has 1 aliphatic rings. The minimum Gasteiger partial charge on any atom is -0.395 e. The van der Waals surface area contributed by atoms with Crippen molar-refractivity contribution in [1.82, 2.24) is 14.5 Å². The predicted molar refractivity (Wildman–Crippen MR) is 93.7 cm³/mol. The fourth-order valence-corrected chi connectivity index (χ4v) is 5.09. The fraction of sp³-hybridized carbons (Fsp3) is 0.471. The molecule has 1 aliphatic heterocycles. The molecule has 0 saturated carbocycles. The molecule has 3 rings (SSSR count). The zero-order valence-corrected chi connectivity index (χ0v) is 14.7. The van der Waals surface area contributed by atoms with Crippen LogP contribution in [-0.2, 0) is 22.9 Å². The molecule has 1 aromatic carbocycles. The largest absolute Gasteiger partial charge is 0.395 e. The third kappa shape index (κ3) is 4.46. The molecule has 0 radical (unpaired) electrons. The van der Waals surface area contributed by atoms with Gasteiger partial charge in [0.05, 0.1) is 42.3 Å². The Bertz CT molecular complexity index is 791. The number of aliphatic hydroxyl groups excluding tert-OH is 2. The molecule has 25 heavy (non-hydrogen) atoms. The van der Waals surface area contributed by atoms with Crippen molar-refractivity contribution in [3.05, 3.63) is 54.1 Å². The molecule has 1 aromatic heterocycles. The second-order valence-electron chi connectivity index (χ2n) is 6.40. The van der Waals surface area contributed by atoms with Crippen LogP contribution in [0.5, 0.6) is 0 Å². The van der Waals surface area contributed by atoms with Crippen molar-refractivity contribution in [2.24, 2.45) is 0 Å². The van der Waals surface area contributed by atoms with Crippen molar-refractivity contribution in [2.75, 3.05) is 24.7 Å². The molecule has 2 aromatic rings. The maximum Gasteiger partial charge on any atom is 0.154 e. The molecule has 0 bridgehead atoms. The number of hydrogen-bond acceptors (Lipinski definition) is 6.